The maximum Gasteiger partial charge on any atom is 0.264 e. The van der Waals surface area contributed by atoms with E-state index in [9.17, 15) is 30.8 Å². The molecule has 0 fully saturated rings. The van der Waals surface area contributed by atoms with Gasteiger partial charge in [0.15, 0.2) is 17.5 Å². The number of aryl methyl sites for hydroxylation is 1. The molecule has 0 spiro atoms. The fourth-order valence-corrected chi connectivity index (χ4v) is 5.44. The number of sulfonamides is 1. The molecule has 0 bridgehead atoms. The van der Waals surface area contributed by atoms with E-state index >= 15 is 0 Å². The number of ketones is 1. The summed E-state index contributed by atoms with van der Waals surface area (Å²) in [5, 5.41) is 0. The zero-order chi connectivity index (χ0) is 23.8. The Morgan fingerprint density at radius 1 is 0.848 bits per heavy atom. The topological polar surface area (TPSA) is 54.5 Å². The van der Waals surface area contributed by atoms with E-state index < -0.39 is 33.3 Å². The maximum absolute atomic E-state index is 13.4. The highest BCUT2D eigenvalue weighted by molar-refractivity contribution is 7.92. The van der Waals surface area contributed by atoms with Crippen LogP contribution in [0.4, 0.5) is 23.2 Å². The molecule has 0 amide bonds. The van der Waals surface area contributed by atoms with Gasteiger partial charge in [0.25, 0.3) is 10.0 Å². The van der Waals surface area contributed by atoms with Gasteiger partial charge in [-0.1, -0.05) is 12.1 Å². The standard InChI is InChI=1S/C24H19F4NO3S/c25-18-5-7-20(8-6-18)33(31,32)29-9-1-2-17-4-3-15(14-23(17)29)10-19(30)11-16-12-21(26)24(28)22(27)13-16/h3-8,12-14H,1-2,9-11H2. The zero-order valence-corrected chi connectivity index (χ0v) is 18.1. The summed E-state index contributed by atoms with van der Waals surface area (Å²) in [6, 6.07) is 11.2. The Morgan fingerprint density at radius 2 is 1.48 bits per heavy atom. The van der Waals surface area contributed by atoms with Crippen molar-refractivity contribution in [3.63, 3.8) is 0 Å². The lowest BCUT2D eigenvalue weighted by molar-refractivity contribution is -0.117. The number of anilines is 1. The lowest BCUT2D eigenvalue weighted by Gasteiger charge is -2.31. The molecule has 0 unspecified atom stereocenters. The highest BCUT2D eigenvalue weighted by Gasteiger charge is 2.29. The molecular formula is C24H19F4NO3S. The van der Waals surface area contributed by atoms with Crippen LogP contribution in [0.15, 0.2) is 59.5 Å². The van der Waals surface area contributed by atoms with Crippen LogP contribution in [0.1, 0.15) is 23.1 Å². The summed E-state index contributed by atoms with van der Waals surface area (Å²) in [5.74, 6) is -5.25. The number of benzene rings is 3. The predicted molar refractivity (Wildman–Crippen MR) is 114 cm³/mol. The van der Waals surface area contributed by atoms with Crippen LogP contribution >= 0.6 is 0 Å². The quantitative estimate of drug-likeness (QED) is 0.381. The third-order valence-electron chi connectivity index (χ3n) is 5.47. The van der Waals surface area contributed by atoms with Crippen molar-refractivity contribution in [3.8, 4) is 0 Å². The molecule has 3 aromatic rings. The minimum Gasteiger partial charge on any atom is -0.299 e. The Bertz CT molecular complexity index is 1300. The van der Waals surface area contributed by atoms with Gasteiger partial charge in [-0.3, -0.25) is 9.10 Å². The SMILES string of the molecule is O=C(Cc1cc(F)c(F)c(F)c1)Cc1ccc2c(c1)N(S(=O)(=O)c1ccc(F)cc1)CCC2. The van der Waals surface area contributed by atoms with Crippen molar-refractivity contribution in [2.24, 2.45) is 0 Å². The van der Waals surface area contributed by atoms with E-state index in [0.717, 1.165) is 29.8 Å². The summed E-state index contributed by atoms with van der Waals surface area (Å²) in [5.41, 5.74) is 1.78. The molecule has 0 N–H and O–H groups in total. The molecule has 0 radical (unpaired) electrons. The number of carbonyl (C=O) groups is 1. The largest absolute Gasteiger partial charge is 0.299 e. The van der Waals surface area contributed by atoms with E-state index in [2.05, 4.69) is 0 Å². The number of nitrogens with zero attached hydrogens (tertiary/aromatic N) is 1. The monoisotopic (exact) mass is 477 g/mol. The van der Waals surface area contributed by atoms with Gasteiger partial charge in [0, 0.05) is 19.4 Å². The third kappa shape index (κ3) is 4.78. The minimum absolute atomic E-state index is 0.00914. The Hall–Kier alpha value is -3.20. The first kappa shape index (κ1) is 23.0. The molecule has 33 heavy (non-hydrogen) atoms. The van der Waals surface area contributed by atoms with Crippen molar-refractivity contribution < 1.29 is 30.8 Å². The Kier molecular flexibility index (Phi) is 6.25. The summed E-state index contributed by atoms with van der Waals surface area (Å²) in [4.78, 5) is 12.4. The lowest BCUT2D eigenvalue weighted by atomic mass is 9.97. The van der Waals surface area contributed by atoms with Gasteiger partial charge >= 0.3 is 0 Å². The summed E-state index contributed by atoms with van der Waals surface area (Å²) >= 11 is 0. The van der Waals surface area contributed by atoms with E-state index in [4.69, 9.17) is 0 Å². The number of hydrogen-bond acceptors (Lipinski definition) is 3. The second-order valence-electron chi connectivity index (χ2n) is 7.86. The smallest absolute Gasteiger partial charge is 0.264 e. The van der Waals surface area contributed by atoms with Crippen molar-refractivity contribution in [1.82, 2.24) is 0 Å². The first-order chi connectivity index (χ1) is 15.6. The average molecular weight is 477 g/mol. The Labute approximate surface area is 188 Å². The summed E-state index contributed by atoms with van der Waals surface area (Å²) in [6.45, 7) is 0.234. The summed E-state index contributed by atoms with van der Waals surface area (Å²) < 4.78 is 80.8. The van der Waals surface area contributed by atoms with Crippen molar-refractivity contribution >= 4 is 21.5 Å². The van der Waals surface area contributed by atoms with E-state index in [1.54, 1.807) is 18.2 Å². The first-order valence-corrected chi connectivity index (χ1v) is 11.6. The second kappa shape index (κ2) is 8.97. The lowest BCUT2D eigenvalue weighted by Crippen LogP contribution is -2.35. The summed E-state index contributed by atoms with van der Waals surface area (Å²) in [6.07, 6.45) is 0.863. The van der Waals surface area contributed by atoms with Gasteiger partial charge in [-0.25, -0.2) is 26.0 Å². The molecular weight excluding hydrogens is 458 g/mol. The van der Waals surface area contributed by atoms with Crippen LogP contribution in [-0.4, -0.2) is 20.7 Å². The number of rotatable bonds is 6. The van der Waals surface area contributed by atoms with Crippen LogP contribution in [0.5, 0.6) is 0 Å². The van der Waals surface area contributed by atoms with Crippen LogP contribution in [0.2, 0.25) is 0 Å². The van der Waals surface area contributed by atoms with Crippen molar-refractivity contribution in [2.45, 2.75) is 30.6 Å². The van der Waals surface area contributed by atoms with Crippen molar-refractivity contribution in [1.29, 1.82) is 0 Å². The molecule has 0 atom stereocenters. The number of carbonyl (C=O) groups excluding carboxylic acids is 1. The highest BCUT2D eigenvalue weighted by atomic mass is 32.2. The average Bonchev–Trinajstić information content (AvgIpc) is 2.77. The molecule has 1 heterocycles. The van der Waals surface area contributed by atoms with Crippen LogP contribution in [0, 0.1) is 23.3 Å². The van der Waals surface area contributed by atoms with Gasteiger partial charge in [0.2, 0.25) is 0 Å². The fraction of sp³-hybridized carbons (Fsp3) is 0.208. The van der Waals surface area contributed by atoms with Gasteiger partial charge in [0.1, 0.15) is 11.6 Å². The highest BCUT2D eigenvalue weighted by Crippen LogP contribution is 2.33. The predicted octanol–water partition coefficient (Wildman–Crippen LogP) is 4.74. The number of hydrogen-bond donors (Lipinski definition) is 0. The van der Waals surface area contributed by atoms with E-state index in [0.29, 0.717) is 24.1 Å². The maximum atomic E-state index is 13.4. The van der Waals surface area contributed by atoms with Gasteiger partial charge in [-0.2, -0.15) is 0 Å². The van der Waals surface area contributed by atoms with Crippen molar-refractivity contribution in [3.05, 3.63) is 94.6 Å². The normalized spacial score (nSPS) is 13.6. The Balaban J connectivity index is 1.58. The molecule has 0 saturated carbocycles. The van der Waals surface area contributed by atoms with Gasteiger partial charge in [-0.15, -0.1) is 0 Å². The minimum atomic E-state index is -3.94. The van der Waals surface area contributed by atoms with E-state index in [1.165, 1.54) is 16.4 Å². The van der Waals surface area contributed by atoms with Crippen LogP contribution in [-0.2, 0) is 34.1 Å². The molecule has 3 aromatic carbocycles. The van der Waals surface area contributed by atoms with Gasteiger partial charge in [-0.05, 0) is 72.0 Å². The Morgan fingerprint density at radius 3 is 2.15 bits per heavy atom. The van der Waals surface area contributed by atoms with Crippen LogP contribution < -0.4 is 4.31 Å². The van der Waals surface area contributed by atoms with Crippen LogP contribution in [0.25, 0.3) is 0 Å². The molecule has 1 aliphatic rings. The number of fused-ring (bicyclic) bond motifs is 1. The molecule has 0 aromatic heterocycles. The first-order valence-electron chi connectivity index (χ1n) is 10.2. The molecule has 1 aliphatic heterocycles. The second-order valence-corrected chi connectivity index (χ2v) is 9.73. The summed E-state index contributed by atoms with van der Waals surface area (Å²) in [7, 11) is -3.94. The number of Topliss-reactive ketones (excluding diaryl/α,β-unsaturated/α-hetero) is 1. The molecule has 0 aliphatic carbocycles. The van der Waals surface area contributed by atoms with E-state index in [1.807, 2.05) is 0 Å². The van der Waals surface area contributed by atoms with E-state index in [-0.39, 0.29) is 35.6 Å². The van der Waals surface area contributed by atoms with Crippen LogP contribution in [0.3, 0.4) is 0 Å². The van der Waals surface area contributed by atoms with Gasteiger partial charge in [0.05, 0.1) is 10.6 Å². The molecule has 172 valence electrons. The molecule has 0 saturated heterocycles. The molecule has 4 nitrogen and oxygen atoms in total. The third-order valence-corrected chi connectivity index (χ3v) is 7.30. The fourth-order valence-electron chi connectivity index (χ4n) is 3.91. The number of halogens is 4. The molecule has 4 rings (SSSR count). The van der Waals surface area contributed by atoms with Gasteiger partial charge < -0.3 is 0 Å². The van der Waals surface area contributed by atoms with Crippen molar-refractivity contribution in [2.75, 3.05) is 10.8 Å². The molecule has 9 heteroatoms. The zero-order valence-electron chi connectivity index (χ0n) is 17.3.